The van der Waals surface area contributed by atoms with Crippen molar-refractivity contribution in [2.75, 3.05) is 36.8 Å². The zero-order valence-electron chi connectivity index (χ0n) is 13.1. The summed E-state index contributed by atoms with van der Waals surface area (Å²) >= 11 is 0. The number of nitrogens with one attached hydrogen (secondary N) is 2. The van der Waals surface area contributed by atoms with Crippen molar-refractivity contribution in [3.8, 4) is 0 Å². The smallest absolute Gasteiger partial charge is 0.241 e. The molecule has 2 heterocycles. The Labute approximate surface area is 126 Å². The van der Waals surface area contributed by atoms with Gasteiger partial charge >= 0.3 is 0 Å². The van der Waals surface area contributed by atoms with Crippen molar-refractivity contribution >= 4 is 17.5 Å². The minimum Gasteiger partial charge on any atom is -0.370 e. The molecule has 1 aliphatic heterocycles. The molecule has 2 N–H and O–H groups in total. The molecule has 6 heteroatoms. The van der Waals surface area contributed by atoms with Gasteiger partial charge < -0.3 is 15.5 Å². The first kappa shape index (κ1) is 15.5. The lowest BCUT2D eigenvalue weighted by Gasteiger charge is -2.16. The van der Waals surface area contributed by atoms with Gasteiger partial charge in [-0.25, -0.2) is 9.97 Å². The molecular formula is C15H25N5O. The molecule has 1 fully saturated rings. The van der Waals surface area contributed by atoms with Gasteiger partial charge in [-0.15, -0.1) is 0 Å². The third-order valence-corrected chi connectivity index (χ3v) is 3.50. The van der Waals surface area contributed by atoms with Crippen molar-refractivity contribution in [3.63, 3.8) is 0 Å². The molecule has 6 nitrogen and oxygen atoms in total. The van der Waals surface area contributed by atoms with Crippen LogP contribution in [0.2, 0.25) is 0 Å². The summed E-state index contributed by atoms with van der Waals surface area (Å²) in [6.45, 7) is 9.00. The second-order valence-corrected chi connectivity index (χ2v) is 5.62. The second kappa shape index (κ2) is 7.24. The monoisotopic (exact) mass is 291 g/mol. The highest BCUT2D eigenvalue weighted by atomic mass is 16.2. The molecule has 1 amide bonds. The molecule has 0 unspecified atom stereocenters. The van der Waals surface area contributed by atoms with E-state index in [1.54, 1.807) is 0 Å². The number of carbonyl (C=O) groups is 1. The molecule has 0 bridgehead atoms. The van der Waals surface area contributed by atoms with E-state index in [2.05, 4.69) is 34.4 Å². The van der Waals surface area contributed by atoms with E-state index >= 15 is 0 Å². The Kier molecular flexibility index (Phi) is 5.36. The zero-order valence-corrected chi connectivity index (χ0v) is 13.1. The average Bonchev–Trinajstić information content (AvgIpc) is 2.99. The maximum atomic E-state index is 12.1. The van der Waals surface area contributed by atoms with Crippen LogP contribution in [0.3, 0.4) is 0 Å². The van der Waals surface area contributed by atoms with Crippen molar-refractivity contribution in [2.24, 2.45) is 0 Å². The molecule has 21 heavy (non-hydrogen) atoms. The van der Waals surface area contributed by atoms with E-state index in [0.29, 0.717) is 12.4 Å². The van der Waals surface area contributed by atoms with Crippen LogP contribution in [0.25, 0.3) is 0 Å². The van der Waals surface area contributed by atoms with Crippen molar-refractivity contribution in [1.82, 2.24) is 14.9 Å². The first-order valence-electron chi connectivity index (χ1n) is 7.74. The fraction of sp³-hybridized carbons (Fsp3) is 0.667. The maximum Gasteiger partial charge on any atom is 0.241 e. The molecule has 0 atom stereocenters. The minimum atomic E-state index is 0.141. The van der Waals surface area contributed by atoms with Crippen molar-refractivity contribution in [2.45, 2.75) is 39.5 Å². The van der Waals surface area contributed by atoms with Crippen LogP contribution in [-0.4, -0.2) is 47.0 Å². The van der Waals surface area contributed by atoms with E-state index in [9.17, 15) is 4.79 Å². The highest BCUT2D eigenvalue weighted by molar-refractivity contribution is 5.80. The first-order valence-corrected chi connectivity index (χ1v) is 7.74. The van der Waals surface area contributed by atoms with Gasteiger partial charge in [-0.3, -0.25) is 4.79 Å². The Morgan fingerprint density at radius 2 is 1.86 bits per heavy atom. The number of rotatable bonds is 6. The van der Waals surface area contributed by atoms with Crippen LogP contribution in [0.15, 0.2) is 6.07 Å². The number of hydrogen-bond donors (Lipinski definition) is 2. The van der Waals surface area contributed by atoms with Gasteiger partial charge in [-0.05, 0) is 19.8 Å². The van der Waals surface area contributed by atoms with Crippen molar-refractivity contribution in [1.29, 1.82) is 0 Å². The highest BCUT2D eigenvalue weighted by Gasteiger charge is 2.17. The van der Waals surface area contributed by atoms with Crippen LogP contribution in [0.5, 0.6) is 0 Å². The van der Waals surface area contributed by atoms with Gasteiger partial charge in [0.15, 0.2) is 0 Å². The summed E-state index contributed by atoms with van der Waals surface area (Å²) in [5, 5.41) is 6.33. The number of aromatic nitrogens is 2. The van der Waals surface area contributed by atoms with Gasteiger partial charge in [0.25, 0.3) is 0 Å². The van der Waals surface area contributed by atoms with E-state index in [1.807, 2.05) is 17.9 Å². The average molecular weight is 291 g/mol. The van der Waals surface area contributed by atoms with Gasteiger partial charge in [-0.2, -0.15) is 0 Å². The molecule has 1 aromatic heterocycles. The number of carbonyl (C=O) groups excluding carboxylic acids is 1. The maximum absolute atomic E-state index is 12.1. The minimum absolute atomic E-state index is 0.141. The van der Waals surface area contributed by atoms with Crippen LogP contribution >= 0.6 is 0 Å². The number of anilines is 2. The lowest BCUT2D eigenvalue weighted by Crippen LogP contribution is -2.33. The molecule has 1 saturated heterocycles. The lowest BCUT2D eigenvalue weighted by atomic mass is 10.2. The van der Waals surface area contributed by atoms with Crippen molar-refractivity contribution < 1.29 is 4.79 Å². The number of likely N-dealkylation sites (tertiary alicyclic amines) is 1. The first-order chi connectivity index (χ1) is 10.1. The summed E-state index contributed by atoms with van der Waals surface area (Å²) in [7, 11) is 0. The molecule has 0 saturated carbocycles. The zero-order chi connectivity index (χ0) is 15.2. The van der Waals surface area contributed by atoms with Gasteiger partial charge in [0.1, 0.15) is 17.5 Å². The SMILES string of the molecule is CCNc1cc(NCC(=O)N2CCCC2)nc(C(C)C)n1. The van der Waals surface area contributed by atoms with Crippen LogP contribution in [0.4, 0.5) is 11.6 Å². The van der Waals surface area contributed by atoms with Crippen LogP contribution in [0, 0.1) is 0 Å². The van der Waals surface area contributed by atoms with Gasteiger partial charge in [0.2, 0.25) is 5.91 Å². The van der Waals surface area contributed by atoms with E-state index in [-0.39, 0.29) is 11.8 Å². The molecule has 2 rings (SSSR count). The van der Waals surface area contributed by atoms with Gasteiger partial charge in [-0.1, -0.05) is 13.8 Å². The Balaban J connectivity index is 2.02. The number of amides is 1. The molecule has 0 radical (unpaired) electrons. The molecule has 1 aliphatic rings. The second-order valence-electron chi connectivity index (χ2n) is 5.62. The number of nitrogens with zero attached hydrogens (tertiary/aromatic N) is 3. The van der Waals surface area contributed by atoms with Gasteiger partial charge in [0.05, 0.1) is 6.54 Å². The van der Waals surface area contributed by atoms with Crippen LogP contribution in [0.1, 0.15) is 45.4 Å². The Bertz CT molecular complexity index is 483. The van der Waals surface area contributed by atoms with Crippen LogP contribution in [-0.2, 0) is 4.79 Å². The summed E-state index contributed by atoms with van der Waals surface area (Å²) in [5.74, 6) is 2.68. The standard InChI is InChI=1S/C15H25N5O/c1-4-16-12-9-13(19-15(18-12)11(2)3)17-10-14(21)20-7-5-6-8-20/h9,11H,4-8,10H2,1-3H3,(H2,16,17,18,19). The van der Waals surface area contributed by atoms with E-state index in [4.69, 9.17) is 0 Å². The molecule has 116 valence electrons. The van der Waals surface area contributed by atoms with E-state index < -0.39 is 0 Å². The molecular weight excluding hydrogens is 266 g/mol. The Morgan fingerprint density at radius 1 is 1.24 bits per heavy atom. The van der Waals surface area contributed by atoms with Crippen LogP contribution < -0.4 is 10.6 Å². The largest absolute Gasteiger partial charge is 0.370 e. The quantitative estimate of drug-likeness (QED) is 0.839. The summed E-state index contributed by atoms with van der Waals surface area (Å²) in [4.78, 5) is 22.9. The van der Waals surface area contributed by atoms with Gasteiger partial charge in [0, 0.05) is 31.6 Å². The molecule has 0 aromatic carbocycles. The Hall–Kier alpha value is -1.85. The highest BCUT2D eigenvalue weighted by Crippen LogP contribution is 2.17. The predicted octanol–water partition coefficient (Wildman–Crippen LogP) is 2.07. The summed E-state index contributed by atoms with van der Waals surface area (Å²) in [6.07, 6.45) is 2.22. The number of hydrogen-bond acceptors (Lipinski definition) is 5. The van der Waals surface area contributed by atoms with Crippen molar-refractivity contribution in [3.05, 3.63) is 11.9 Å². The lowest BCUT2D eigenvalue weighted by molar-refractivity contribution is -0.128. The normalized spacial score (nSPS) is 14.6. The summed E-state index contributed by atoms with van der Waals surface area (Å²) in [5.41, 5.74) is 0. The fourth-order valence-corrected chi connectivity index (χ4v) is 2.33. The third kappa shape index (κ3) is 4.31. The van der Waals surface area contributed by atoms with E-state index in [0.717, 1.165) is 44.1 Å². The molecule has 0 aliphatic carbocycles. The molecule has 1 aromatic rings. The predicted molar refractivity (Wildman–Crippen MR) is 84.6 cm³/mol. The topological polar surface area (TPSA) is 70.2 Å². The third-order valence-electron chi connectivity index (χ3n) is 3.50. The Morgan fingerprint density at radius 3 is 2.43 bits per heavy atom. The summed E-state index contributed by atoms with van der Waals surface area (Å²) < 4.78 is 0. The molecule has 0 spiro atoms. The van der Waals surface area contributed by atoms with E-state index in [1.165, 1.54) is 0 Å². The fourth-order valence-electron chi connectivity index (χ4n) is 2.33. The summed E-state index contributed by atoms with van der Waals surface area (Å²) in [6, 6.07) is 1.85.